The van der Waals surface area contributed by atoms with E-state index in [4.69, 9.17) is 0 Å². The number of rotatable bonds is 3. The molecule has 1 aromatic heterocycles. The van der Waals surface area contributed by atoms with Gasteiger partial charge in [-0.3, -0.25) is 4.79 Å². The van der Waals surface area contributed by atoms with Crippen LogP contribution < -0.4 is 5.32 Å². The smallest absolute Gasteiger partial charge is 0.258 e. The molecule has 0 saturated heterocycles. The van der Waals surface area contributed by atoms with E-state index in [1.807, 2.05) is 29.2 Å². The van der Waals surface area contributed by atoms with E-state index >= 15 is 0 Å². The maximum Gasteiger partial charge on any atom is 0.258 e. The summed E-state index contributed by atoms with van der Waals surface area (Å²) < 4.78 is 0. The molecule has 1 aromatic carbocycles. The lowest BCUT2D eigenvalue weighted by Crippen LogP contribution is -2.47. The molecule has 20 heavy (non-hydrogen) atoms. The Hall–Kier alpha value is -1.81. The normalized spacial score (nSPS) is 19.4. The van der Waals surface area contributed by atoms with Crippen molar-refractivity contribution in [3.63, 3.8) is 0 Å². The third-order valence-corrected chi connectivity index (χ3v) is 4.59. The van der Waals surface area contributed by atoms with Gasteiger partial charge in [-0.25, -0.2) is 0 Å². The first kappa shape index (κ1) is 13.2. The number of nitrogens with zero attached hydrogens (tertiary/aromatic N) is 1. The Labute approximate surface area is 123 Å². The van der Waals surface area contributed by atoms with Crippen molar-refractivity contribution in [2.24, 2.45) is 0 Å². The zero-order chi connectivity index (χ0) is 14.1. The molecule has 2 heterocycles. The second kappa shape index (κ2) is 5.29. The summed E-state index contributed by atoms with van der Waals surface area (Å²) in [6, 6.07) is 10.0. The number of hydrogen-bond donors (Lipinski definition) is 1. The lowest BCUT2D eigenvalue weighted by atomic mass is 10.0. The van der Waals surface area contributed by atoms with Gasteiger partial charge in [-0.05, 0) is 42.3 Å². The molecule has 0 bridgehead atoms. The lowest BCUT2D eigenvalue weighted by Gasteiger charge is -2.41. The minimum absolute atomic E-state index is 0.0707. The van der Waals surface area contributed by atoms with Gasteiger partial charge in [-0.1, -0.05) is 19.1 Å². The molecule has 0 saturated carbocycles. The van der Waals surface area contributed by atoms with E-state index in [0.29, 0.717) is 0 Å². The Morgan fingerprint density at radius 2 is 2.15 bits per heavy atom. The van der Waals surface area contributed by atoms with E-state index in [1.54, 1.807) is 11.3 Å². The van der Waals surface area contributed by atoms with Gasteiger partial charge >= 0.3 is 0 Å². The molecule has 3 nitrogen and oxygen atoms in total. The van der Waals surface area contributed by atoms with Crippen LogP contribution in [0.25, 0.3) is 0 Å². The molecule has 1 amide bonds. The molecule has 0 aliphatic carbocycles. The molecular weight excluding hydrogens is 268 g/mol. The number of para-hydroxylation sites is 1. The summed E-state index contributed by atoms with van der Waals surface area (Å²) in [6.07, 6.45) is 0.870. The van der Waals surface area contributed by atoms with Crippen LogP contribution in [0, 0.1) is 0 Å². The van der Waals surface area contributed by atoms with Crippen LogP contribution in [0.1, 0.15) is 42.4 Å². The average molecular weight is 286 g/mol. The van der Waals surface area contributed by atoms with Crippen molar-refractivity contribution in [3.8, 4) is 0 Å². The molecule has 0 radical (unpaired) electrons. The molecule has 1 aliphatic heterocycles. The third-order valence-electron chi connectivity index (χ3n) is 3.89. The topological polar surface area (TPSA) is 32.3 Å². The van der Waals surface area contributed by atoms with Crippen LogP contribution in [0.5, 0.6) is 0 Å². The van der Waals surface area contributed by atoms with Crippen LogP contribution in [-0.2, 0) is 0 Å². The predicted molar refractivity (Wildman–Crippen MR) is 83.0 cm³/mol. The first-order chi connectivity index (χ1) is 9.72. The SMILES string of the molecule is CC[C@H](C)N1C(=O)c2ccccc2N[C@H]1c1ccsc1. The van der Waals surface area contributed by atoms with Crippen LogP contribution in [0.15, 0.2) is 41.1 Å². The van der Waals surface area contributed by atoms with Gasteiger partial charge in [-0.15, -0.1) is 0 Å². The van der Waals surface area contributed by atoms with E-state index in [9.17, 15) is 4.79 Å². The second-order valence-electron chi connectivity index (χ2n) is 5.12. The Morgan fingerprint density at radius 1 is 1.35 bits per heavy atom. The summed E-state index contributed by atoms with van der Waals surface area (Å²) in [5.74, 6) is 0.116. The highest BCUT2D eigenvalue weighted by atomic mass is 32.1. The Kier molecular flexibility index (Phi) is 3.49. The maximum atomic E-state index is 12.8. The van der Waals surface area contributed by atoms with Crippen molar-refractivity contribution >= 4 is 22.9 Å². The first-order valence-corrected chi connectivity index (χ1v) is 7.87. The highest BCUT2D eigenvalue weighted by Crippen LogP contribution is 2.35. The molecule has 2 atom stereocenters. The van der Waals surface area contributed by atoms with Gasteiger partial charge < -0.3 is 10.2 Å². The highest BCUT2D eigenvalue weighted by molar-refractivity contribution is 7.08. The highest BCUT2D eigenvalue weighted by Gasteiger charge is 2.35. The number of benzene rings is 1. The first-order valence-electron chi connectivity index (χ1n) is 6.92. The van der Waals surface area contributed by atoms with Crippen molar-refractivity contribution in [1.29, 1.82) is 0 Å². The average Bonchev–Trinajstić information content (AvgIpc) is 3.00. The number of carbonyl (C=O) groups is 1. The fraction of sp³-hybridized carbons (Fsp3) is 0.312. The van der Waals surface area contributed by atoms with E-state index < -0.39 is 0 Å². The number of nitrogens with one attached hydrogen (secondary N) is 1. The summed E-state index contributed by atoms with van der Waals surface area (Å²) in [5, 5.41) is 7.66. The third kappa shape index (κ3) is 2.10. The number of carbonyl (C=O) groups excluding carboxylic acids is 1. The number of thiophene rings is 1. The quantitative estimate of drug-likeness (QED) is 0.920. The van der Waals surface area contributed by atoms with Gasteiger partial charge in [0.25, 0.3) is 5.91 Å². The summed E-state index contributed by atoms with van der Waals surface area (Å²) >= 11 is 1.66. The molecule has 1 N–H and O–H groups in total. The molecule has 3 rings (SSSR count). The van der Waals surface area contributed by atoms with Crippen LogP contribution in [-0.4, -0.2) is 16.8 Å². The number of anilines is 1. The van der Waals surface area contributed by atoms with Gasteiger partial charge in [0.15, 0.2) is 0 Å². The van der Waals surface area contributed by atoms with Gasteiger partial charge in [-0.2, -0.15) is 11.3 Å². The summed E-state index contributed by atoms with van der Waals surface area (Å²) in [5.41, 5.74) is 2.84. The van der Waals surface area contributed by atoms with Crippen LogP contribution in [0.2, 0.25) is 0 Å². The molecule has 0 fully saturated rings. The fourth-order valence-corrected chi connectivity index (χ4v) is 3.27. The Balaban J connectivity index is 2.07. The van der Waals surface area contributed by atoms with Crippen molar-refractivity contribution in [3.05, 3.63) is 52.2 Å². The van der Waals surface area contributed by atoms with Gasteiger partial charge in [0.1, 0.15) is 6.17 Å². The minimum Gasteiger partial charge on any atom is -0.361 e. The van der Waals surface area contributed by atoms with Gasteiger partial charge in [0.2, 0.25) is 0 Å². The monoisotopic (exact) mass is 286 g/mol. The molecule has 4 heteroatoms. The predicted octanol–water partition coefficient (Wildman–Crippen LogP) is 4.11. The van der Waals surface area contributed by atoms with E-state index in [0.717, 1.165) is 23.2 Å². The zero-order valence-corrected chi connectivity index (χ0v) is 12.5. The summed E-state index contributed by atoms with van der Waals surface area (Å²) in [4.78, 5) is 14.8. The fourth-order valence-electron chi connectivity index (χ4n) is 2.59. The summed E-state index contributed by atoms with van der Waals surface area (Å²) in [6.45, 7) is 4.22. The molecule has 1 aliphatic rings. The van der Waals surface area contributed by atoms with Gasteiger partial charge in [0, 0.05) is 17.3 Å². The standard InChI is InChI=1S/C16H18N2OS/c1-3-11(2)18-15(12-8-9-20-10-12)17-14-7-5-4-6-13(14)16(18)19/h4-11,15,17H,3H2,1-2H3/t11-,15+/m0/s1. The summed E-state index contributed by atoms with van der Waals surface area (Å²) in [7, 11) is 0. The number of fused-ring (bicyclic) bond motifs is 1. The maximum absolute atomic E-state index is 12.8. The Bertz CT molecular complexity index is 609. The lowest BCUT2D eigenvalue weighted by molar-refractivity contribution is 0.0594. The number of hydrogen-bond acceptors (Lipinski definition) is 3. The minimum atomic E-state index is -0.0707. The molecule has 104 valence electrons. The largest absolute Gasteiger partial charge is 0.361 e. The van der Waals surface area contributed by atoms with Crippen molar-refractivity contribution < 1.29 is 4.79 Å². The van der Waals surface area contributed by atoms with Crippen molar-refractivity contribution in [1.82, 2.24) is 4.90 Å². The zero-order valence-electron chi connectivity index (χ0n) is 11.7. The Morgan fingerprint density at radius 3 is 2.85 bits per heavy atom. The van der Waals surface area contributed by atoms with Crippen molar-refractivity contribution in [2.45, 2.75) is 32.5 Å². The van der Waals surface area contributed by atoms with Crippen molar-refractivity contribution in [2.75, 3.05) is 5.32 Å². The second-order valence-corrected chi connectivity index (χ2v) is 5.90. The molecule has 2 aromatic rings. The van der Waals surface area contributed by atoms with E-state index in [2.05, 4.69) is 36.0 Å². The van der Waals surface area contributed by atoms with E-state index in [1.165, 1.54) is 0 Å². The molecule has 0 unspecified atom stereocenters. The van der Waals surface area contributed by atoms with Crippen LogP contribution in [0.4, 0.5) is 5.69 Å². The van der Waals surface area contributed by atoms with Crippen LogP contribution in [0.3, 0.4) is 0 Å². The van der Waals surface area contributed by atoms with Crippen LogP contribution >= 0.6 is 11.3 Å². The van der Waals surface area contributed by atoms with Gasteiger partial charge in [0.05, 0.1) is 5.56 Å². The molecule has 0 spiro atoms. The number of amides is 1. The van der Waals surface area contributed by atoms with E-state index in [-0.39, 0.29) is 18.1 Å². The molecular formula is C16H18N2OS.